The fraction of sp³-hybridized carbons (Fsp3) is 0.286. The summed E-state index contributed by atoms with van der Waals surface area (Å²) >= 11 is 0. The first kappa shape index (κ1) is 20.6. The smallest absolute Gasteiger partial charge is 0.420 e. The maximum Gasteiger partial charge on any atom is 0.420 e. The molecule has 8 heteroatoms. The summed E-state index contributed by atoms with van der Waals surface area (Å²) in [7, 11) is 0. The number of rotatable bonds is 3. The molecule has 0 saturated heterocycles. The van der Waals surface area contributed by atoms with Crippen LogP contribution in [0.1, 0.15) is 32.1 Å². The molecule has 2 aromatic carbocycles. The summed E-state index contributed by atoms with van der Waals surface area (Å²) in [5, 5.41) is 12.3. The molecule has 29 heavy (non-hydrogen) atoms. The molecule has 1 aromatic heterocycles. The predicted molar refractivity (Wildman–Crippen MR) is 101 cm³/mol. The van der Waals surface area contributed by atoms with Crippen LogP contribution in [0.5, 0.6) is 5.75 Å². The number of halogens is 3. The van der Waals surface area contributed by atoms with Gasteiger partial charge >= 0.3 is 12.3 Å². The van der Waals surface area contributed by atoms with Gasteiger partial charge in [0.2, 0.25) is 0 Å². The minimum absolute atomic E-state index is 0.0504. The number of aromatic hydroxyl groups is 1. The highest BCUT2D eigenvalue weighted by Crippen LogP contribution is 2.39. The Bertz CT molecular complexity index is 1050. The number of amides is 1. The van der Waals surface area contributed by atoms with Crippen LogP contribution in [0.25, 0.3) is 22.1 Å². The first-order valence-electron chi connectivity index (χ1n) is 8.82. The fourth-order valence-corrected chi connectivity index (χ4v) is 2.83. The molecule has 154 valence electrons. The van der Waals surface area contributed by atoms with Crippen LogP contribution in [0.2, 0.25) is 0 Å². The minimum atomic E-state index is -4.64. The molecule has 1 heterocycles. The minimum Gasteiger partial charge on any atom is -0.508 e. The number of furan rings is 1. The van der Waals surface area contributed by atoms with Crippen LogP contribution in [-0.4, -0.2) is 16.8 Å². The average Bonchev–Trinajstić information content (AvgIpc) is 2.99. The third-order valence-corrected chi connectivity index (χ3v) is 3.96. The van der Waals surface area contributed by atoms with E-state index in [0.29, 0.717) is 5.56 Å². The number of carbonyl (C=O) groups excluding carboxylic acids is 1. The summed E-state index contributed by atoms with van der Waals surface area (Å²) in [5.74, 6) is 0.106. The average molecular weight is 407 g/mol. The van der Waals surface area contributed by atoms with E-state index in [-0.39, 0.29) is 34.6 Å². The molecule has 0 bridgehead atoms. The molecule has 0 atom stereocenters. The number of fused-ring (bicyclic) bond motifs is 1. The van der Waals surface area contributed by atoms with Gasteiger partial charge in [-0.2, -0.15) is 13.2 Å². The molecule has 0 unspecified atom stereocenters. The number of hydrogen-bond acceptors (Lipinski definition) is 4. The van der Waals surface area contributed by atoms with E-state index >= 15 is 0 Å². The summed E-state index contributed by atoms with van der Waals surface area (Å²) in [6.45, 7) is 4.98. The van der Waals surface area contributed by atoms with Crippen LogP contribution in [0, 0.1) is 0 Å². The second-order valence-corrected chi connectivity index (χ2v) is 7.56. The van der Waals surface area contributed by atoms with Gasteiger partial charge < -0.3 is 19.6 Å². The first-order valence-corrected chi connectivity index (χ1v) is 8.82. The van der Waals surface area contributed by atoms with Crippen LogP contribution in [0.4, 0.5) is 18.0 Å². The van der Waals surface area contributed by atoms with Gasteiger partial charge in [0.1, 0.15) is 22.7 Å². The van der Waals surface area contributed by atoms with Gasteiger partial charge in [-0.15, -0.1) is 0 Å². The molecule has 0 spiro atoms. The largest absolute Gasteiger partial charge is 0.508 e. The first-order chi connectivity index (χ1) is 13.4. The van der Waals surface area contributed by atoms with Crippen LogP contribution in [0.15, 0.2) is 46.9 Å². The molecule has 0 saturated carbocycles. The number of phenolic OH excluding ortho intramolecular Hbond substituents is 1. The number of phenols is 1. The molecule has 1 amide bonds. The Labute approximate surface area is 165 Å². The van der Waals surface area contributed by atoms with E-state index in [9.17, 15) is 23.1 Å². The van der Waals surface area contributed by atoms with E-state index in [2.05, 4.69) is 5.32 Å². The molecule has 0 aliphatic rings. The summed E-state index contributed by atoms with van der Waals surface area (Å²) in [5.41, 5.74) is -1.23. The Morgan fingerprint density at radius 1 is 1.10 bits per heavy atom. The van der Waals surface area contributed by atoms with E-state index in [4.69, 9.17) is 9.15 Å². The second-order valence-electron chi connectivity index (χ2n) is 7.56. The molecule has 3 aromatic rings. The lowest BCUT2D eigenvalue weighted by molar-refractivity contribution is -0.136. The van der Waals surface area contributed by atoms with Crippen molar-refractivity contribution in [1.29, 1.82) is 0 Å². The second kappa shape index (κ2) is 7.35. The number of ether oxygens (including phenoxy) is 1. The number of hydrogen-bond donors (Lipinski definition) is 2. The summed E-state index contributed by atoms with van der Waals surface area (Å²) < 4.78 is 51.3. The summed E-state index contributed by atoms with van der Waals surface area (Å²) in [6, 6.07) is 9.93. The Kier molecular flexibility index (Phi) is 5.21. The molecule has 3 rings (SSSR count). The highest BCUT2D eigenvalue weighted by Gasteiger charge is 2.35. The zero-order valence-corrected chi connectivity index (χ0v) is 16.1. The van der Waals surface area contributed by atoms with Gasteiger partial charge in [-0.1, -0.05) is 12.1 Å². The Hall–Kier alpha value is -3.16. The van der Waals surface area contributed by atoms with Gasteiger partial charge in [-0.3, -0.25) is 0 Å². The van der Waals surface area contributed by atoms with Crippen molar-refractivity contribution in [3.63, 3.8) is 0 Å². The quantitative estimate of drug-likeness (QED) is 0.571. The maximum absolute atomic E-state index is 13.6. The van der Waals surface area contributed by atoms with Crippen molar-refractivity contribution < 1.29 is 32.2 Å². The predicted octanol–water partition coefficient (Wildman–Crippen LogP) is 5.85. The van der Waals surface area contributed by atoms with Crippen molar-refractivity contribution in [2.75, 3.05) is 0 Å². The highest BCUT2D eigenvalue weighted by atomic mass is 19.4. The molecule has 0 radical (unpaired) electrons. The number of nitrogens with one attached hydrogen (secondary N) is 1. The van der Waals surface area contributed by atoms with Crippen LogP contribution >= 0.6 is 0 Å². The van der Waals surface area contributed by atoms with Crippen LogP contribution in [-0.2, 0) is 17.5 Å². The monoisotopic (exact) mass is 407 g/mol. The number of carbonyl (C=O) groups is 1. The molecule has 5 nitrogen and oxygen atoms in total. The van der Waals surface area contributed by atoms with Gasteiger partial charge in [0.05, 0.1) is 12.1 Å². The number of alkyl halides is 3. The Morgan fingerprint density at radius 3 is 2.45 bits per heavy atom. The van der Waals surface area contributed by atoms with E-state index in [1.807, 2.05) is 0 Å². The van der Waals surface area contributed by atoms with E-state index in [0.717, 1.165) is 6.07 Å². The van der Waals surface area contributed by atoms with Crippen molar-refractivity contribution in [2.24, 2.45) is 0 Å². The number of benzene rings is 2. The van der Waals surface area contributed by atoms with Gasteiger partial charge in [0.25, 0.3) is 0 Å². The molecule has 0 aliphatic heterocycles. The third-order valence-electron chi connectivity index (χ3n) is 3.96. The van der Waals surface area contributed by atoms with Gasteiger partial charge in [0, 0.05) is 5.39 Å². The van der Waals surface area contributed by atoms with Crippen molar-refractivity contribution >= 4 is 17.1 Å². The van der Waals surface area contributed by atoms with Crippen LogP contribution < -0.4 is 5.32 Å². The van der Waals surface area contributed by atoms with E-state index in [1.165, 1.54) is 18.2 Å². The zero-order chi connectivity index (χ0) is 21.4. The number of alkyl carbamates (subject to hydrolysis) is 1. The highest BCUT2D eigenvalue weighted by molar-refractivity contribution is 5.87. The lowest BCUT2D eigenvalue weighted by Crippen LogP contribution is -2.32. The topological polar surface area (TPSA) is 71.7 Å². The van der Waals surface area contributed by atoms with Crippen molar-refractivity contribution in [3.05, 3.63) is 53.8 Å². The molecular formula is C21H20F3NO4. The van der Waals surface area contributed by atoms with Crippen molar-refractivity contribution in [1.82, 2.24) is 5.32 Å². The van der Waals surface area contributed by atoms with Crippen molar-refractivity contribution in [2.45, 2.75) is 39.1 Å². The Balaban J connectivity index is 1.97. The van der Waals surface area contributed by atoms with E-state index in [1.54, 1.807) is 39.0 Å². The van der Waals surface area contributed by atoms with Crippen molar-refractivity contribution in [3.8, 4) is 16.9 Å². The lowest BCUT2D eigenvalue weighted by Gasteiger charge is -2.19. The normalized spacial score (nSPS) is 12.2. The van der Waals surface area contributed by atoms with E-state index < -0.39 is 23.4 Å². The zero-order valence-electron chi connectivity index (χ0n) is 16.1. The molecule has 0 aliphatic carbocycles. The van der Waals surface area contributed by atoms with Gasteiger partial charge in [-0.05, 0) is 62.2 Å². The molecule has 2 N–H and O–H groups in total. The summed E-state index contributed by atoms with van der Waals surface area (Å²) in [4.78, 5) is 11.8. The maximum atomic E-state index is 13.6. The lowest BCUT2D eigenvalue weighted by atomic mass is 10.00. The van der Waals surface area contributed by atoms with Gasteiger partial charge in [-0.25, -0.2) is 4.79 Å². The standard InChI is InChI=1S/C21H20F3NO4/c1-20(2,3)29-19(27)25-11-16-9-14-7-13(12-5-4-6-15(26)8-12)10-17(18(14)28-16)21(22,23)24/h4-10,26H,11H2,1-3H3,(H,25,27). The third kappa shape index (κ3) is 5.01. The van der Waals surface area contributed by atoms with Gasteiger partial charge in [0.15, 0.2) is 0 Å². The SMILES string of the molecule is CC(C)(C)OC(=O)NCc1cc2cc(-c3cccc(O)c3)cc(C(F)(F)F)c2o1. The summed E-state index contributed by atoms with van der Waals surface area (Å²) in [6.07, 6.45) is -5.34. The fourth-order valence-electron chi connectivity index (χ4n) is 2.83. The van der Waals surface area contributed by atoms with Crippen LogP contribution in [0.3, 0.4) is 0 Å². The molecule has 0 fully saturated rings. The Morgan fingerprint density at radius 2 is 1.83 bits per heavy atom. The molecular weight excluding hydrogens is 387 g/mol.